The maximum atomic E-state index is 5.18. The molecule has 10 aromatic rings. The van der Waals surface area contributed by atoms with Gasteiger partial charge in [0, 0.05) is 49.0 Å². The van der Waals surface area contributed by atoms with Crippen molar-refractivity contribution in [1.29, 1.82) is 0 Å². The van der Waals surface area contributed by atoms with Crippen LogP contribution in [0.3, 0.4) is 0 Å². The van der Waals surface area contributed by atoms with Gasteiger partial charge in [0.05, 0.1) is 23.1 Å². The van der Waals surface area contributed by atoms with E-state index in [1.807, 2.05) is 30.3 Å². The maximum Gasteiger partial charge on any atom is 0.164 e. The molecule has 0 atom stereocenters. The van der Waals surface area contributed by atoms with Crippen LogP contribution in [0.4, 0.5) is 0 Å². The predicted octanol–water partition coefficient (Wildman–Crippen LogP) is 12.3. The van der Waals surface area contributed by atoms with E-state index in [1.54, 1.807) is 0 Å². The van der Waals surface area contributed by atoms with Crippen molar-refractivity contribution in [2.45, 2.75) is 19.3 Å². The third kappa shape index (κ3) is 5.88. The van der Waals surface area contributed by atoms with Gasteiger partial charge in [0.1, 0.15) is 0 Å². The molecule has 8 aromatic carbocycles. The normalized spacial score (nSPS) is 13.3. The van der Waals surface area contributed by atoms with Gasteiger partial charge in [0.2, 0.25) is 0 Å². The second-order valence-corrected chi connectivity index (χ2v) is 16.8. The standard InChI is InChI=1S/C57H39N5/c1-57(2)48-14-8-6-12-43(48)44-29-28-42(34-49(44)57)37-20-26-41(27-21-37)56-61-54(39-10-4-3-5-11-39)60-55(62-56)40-24-18-36(19-25-40)35-16-22-38(23-17-35)53-47-30-31-50-46(32-33-58-50)52(47)45-13-7-9-15-51(45)59-53/h3-32,34H,33H2,1-2H3. The van der Waals surface area contributed by atoms with E-state index in [9.17, 15) is 0 Å². The number of nitrogens with zero attached hydrogens (tertiary/aromatic N) is 5. The topological polar surface area (TPSA) is 63.9 Å². The van der Waals surface area contributed by atoms with Crippen LogP contribution in [-0.4, -0.2) is 26.5 Å². The lowest BCUT2D eigenvalue weighted by Crippen LogP contribution is -2.22. The summed E-state index contributed by atoms with van der Waals surface area (Å²) in [6, 6.07) is 64.3. The lowest BCUT2D eigenvalue weighted by atomic mass is 9.81. The van der Waals surface area contributed by atoms with Crippen molar-refractivity contribution in [3.8, 4) is 78.8 Å². The average molecular weight is 794 g/mol. The van der Waals surface area contributed by atoms with Crippen LogP contribution in [-0.2, 0) is 5.41 Å². The van der Waals surface area contributed by atoms with Crippen LogP contribution in [0.25, 0.3) is 107 Å². The molecule has 0 N–H and O–H groups in total. The Morgan fingerprint density at radius 2 is 0.935 bits per heavy atom. The third-order valence-electron chi connectivity index (χ3n) is 12.8. The number of rotatable bonds is 6. The Balaban J connectivity index is 0.860. The molecule has 62 heavy (non-hydrogen) atoms. The molecular weight excluding hydrogens is 755 g/mol. The Morgan fingerprint density at radius 3 is 1.63 bits per heavy atom. The molecular formula is C57H39N5. The average Bonchev–Trinajstić information content (AvgIpc) is 3.91. The highest BCUT2D eigenvalue weighted by Crippen LogP contribution is 2.49. The van der Waals surface area contributed by atoms with Crippen LogP contribution in [0, 0.1) is 0 Å². The number of aromatic nitrogens is 4. The highest BCUT2D eigenvalue weighted by atomic mass is 15.0. The molecule has 5 heteroatoms. The van der Waals surface area contributed by atoms with Gasteiger partial charge in [-0.05, 0) is 68.8 Å². The Hall–Kier alpha value is -7.89. The van der Waals surface area contributed by atoms with Gasteiger partial charge in [0.15, 0.2) is 17.5 Å². The van der Waals surface area contributed by atoms with E-state index in [2.05, 4.69) is 172 Å². The van der Waals surface area contributed by atoms with Crippen molar-refractivity contribution in [2.24, 2.45) is 4.99 Å². The minimum atomic E-state index is -0.0532. The fourth-order valence-corrected chi connectivity index (χ4v) is 9.54. The molecule has 0 saturated carbocycles. The zero-order valence-electron chi connectivity index (χ0n) is 34.3. The van der Waals surface area contributed by atoms with Crippen molar-refractivity contribution < 1.29 is 0 Å². The Morgan fingerprint density at radius 1 is 0.403 bits per heavy atom. The number of hydrogen-bond donors (Lipinski definition) is 0. The molecule has 0 spiro atoms. The summed E-state index contributed by atoms with van der Waals surface area (Å²) in [4.78, 5) is 25.0. The quantitative estimate of drug-likeness (QED) is 0.157. The minimum absolute atomic E-state index is 0.0532. The highest BCUT2D eigenvalue weighted by molar-refractivity contribution is 6.11. The number of pyridine rings is 1. The third-order valence-corrected chi connectivity index (χ3v) is 12.8. The second kappa shape index (κ2) is 14.1. The van der Waals surface area contributed by atoms with Crippen molar-refractivity contribution in [3.05, 3.63) is 204 Å². The SMILES string of the molecule is CC1(C)c2ccccc2-c2ccc(-c3ccc(-c4nc(-c5ccccc5)nc(-c5ccc(-c6ccc(-c7nc8ccccc8c8c9c(ccc78)=NCC=9)cc6)cc5)n4)cc3)cc21. The lowest BCUT2D eigenvalue weighted by Gasteiger charge is -2.22. The molecule has 0 radical (unpaired) electrons. The van der Waals surface area contributed by atoms with Crippen LogP contribution < -0.4 is 10.6 Å². The van der Waals surface area contributed by atoms with Gasteiger partial charge in [-0.1, -0.05) is 178 Å². The maximum absolute atomic E-state index is 5.18. The number of hydrogen-bond acceptors (Lipinski definition) is 5. The van der Waals surface area contributed by atoms with E-state index in [-0.39, 0.29) is 5.41 Å². The molecule has 2 aliphatic rings. The van der Waals surface area contributed by atoms with Crippen LogP contribution in [0.2, 0.25) is 0 Å². The first-order valence-corrected chi connectivity index (χ1v) is 21.2. The van der Waals surface area contributed by atoms with E-state index >= 15 is 0 Å². The van der Waals surface area contributed by atoms with Gasteiger partial charge < -0.3 is 0 Å². The van der Waals surface area contributed by atoms with Gasteiger partial charge in [0.25, 0.3) is 0 Å². The summed E-state index contributed by atoms with van der Waals surface area (Å²) >= 11 is 0. The first-order chi connectivity index (χ1) is 30.5. The van der Waals surface area contributed by atoms with Crippen molar-refractivity contribution in [3.63, 3.8) is 0 Å². The van der Waals surface area contributed by atoms with Crippen LogP contribution in [0.15, 0.2) is 187 Å². The van der Waals surface area contributed by atoms with Gasteiger partial charge in [-0.15, -0.1) is 0 Å². The van der Waals surface area contributed by atoms with Gasteiger partial charge in [-0.2, -0.15) is 0 Å². The molecule has 0 saturated heterocycles. The van der Waals surface area contributed by atoms with Crippen LogP contribution in [0.1, 0.15) is 25.0 Å². The Bertz CT molecular complexity index is 3540. The van der Waals surface area contributed by atoms with Crippen molar-refractivity contribution in [1.82, 2.24) is 19.9 Å². The van der Waals surface area contributed by atoms with E-state index in [0.29, 0.717) is 17.5 Å². The molecule has 12 rings (SSSR count). The molecule has 2 aromatic heterocycles. The molecule has 5 nitrogen and oxygen atoms in total. The summed E-state index contributed by atoms with van der Waals surface area (Å²) in [5, 5.41) is 5.79. The van der Waals surface area contributed by atoms with Gasteiger partial charge >= 0.3 is 0 Å². The number of benzene rings is 8. The molecule has 0 unspecified atom stereocenters. The predicted molar refractivity (Wildman–Crippen MR) is 253 cm³/mol. The molecule has 0 amide bonds. The van der Waals surface area contributed by atoms with E-state index in [0.717, 1.165) is 72.8 Å². The summed E-state index contributed by atoms with van der Waals surface area (Å²) in [5.41, 5.74) is 15.8. The summed E-state index contributed by atoms with van der Waals surface area (Å²) < 4.78 is 0. The van der Waals surface area contributed by atoms with Crippen LogP contribution >= 0.6 is 0 Å². The highest BCUT2D eigenvalue weighted by Gasteiger charge is 2.35. The first-order valence-electron chi connectivity index (χ1n) is 21.2. The van der Waals surface area contributed by atoms with Crippen LogP contribution in [0.5, 0.6) is 0 Å². The van der Waals surface area contributed by atoms with Gasteiger partial charge in [-0.3, -0.25) is 4.99 Å². The summed E-state index contributed by atoms with van der Waals surface area (Å²) in [5.74, 6) is 1.91. The second-order valence-electron chi connectivity index (χ2n) is 16.8. The molecule has 292 valence electrons. The zero-order chi connectivity index (χ0) is 41.4. The van der Waals surface area contributed by atoms with Crippen molar-refractivity contribution in [2.75, 3.05) is 6.54 Å². The Labute approximate surface area is 359 Å². The number of fused-ring (bicyclic) bond motifs is 8. The zero-order valence-corrected chi connectivity index (χ0v) is 34.3. The van der Waals surface area contributed by atoms with E-state index in [4.69, 9.17) is 24.9 Å². The number of para-hydroxylation sites is 1. The molecule has 3 heterocycles. The Kier molecular flexibility index (Phi) is 8.19. The fourth-order valence-electron chi connectivity index (χ4n) is 9.54. The largest absolute Gasteiger partial charge is 0.281 e. The molecule has 0 bridgehead atoms. The molecule has 1 aliphatic heterocycles. The van der Waals surface area contributed by atoms with E-state index in [1.165, 1.54) is 38.4 Å². The van der Waals surface area contributed by atoms with E-state index < -0.39 is 0 Å². The monoisotopic (exact) mass is 793 g/mol. The summed E-state index contributed by atoms with van der Waals surface area (Å²) in [7, 11) is 0. The first kappa shape index (κ1) is 36.0. The lowest BCUT2D eigenvalue weighted by molar-refractivity contribution is 0.660. The summed E-state index contributed by atoms with van der Waals surface area (Å²) in [6.45, 7) is 5.37. The molecule has 0 fully saturated rings. The van der Waals surface area contributed by atoms with Gasteiger partial charge in [-0.25, -0.2) is 19.9 Å². The smallest absolute Gasteiger partial charge is 0.164 e. The van der Waals surface area contributed by atoms with Crippen molar-refractivity contribution >= 4 is 27.8 Å². The summed E-state index contributed by atoms with van der Waals surface area (Å²) in [6.07, 6.45) is 2.23. The fraction of sp³-hybridized carbons (Fsp3) is 0.0702. The minimum Gasteiger partial charge on any atom is -0.281 e. The molecule has 1 aliphatic carbocycles.